The van der Waals surface area contributed by atoms with E-state index >= 15 is 0 Å². The molecule has 254 valence electrons. The summed E-state index contributed by atoms with van der Waals surface area (Å²) in [5, 5.41) is 3.25. The maximum absolute atomic E-state index is 14.1. The number of hydrogen-bond donors (Lipinski definition) is 3. The SMILES string of the molecule is C=C(C(N)=O)c1cccc(-n2c(=O)c(-c3ccccc3)nc3cnc(Nc4ccc(N5CCN(C)CC5)cc4OC)nc32)c1.CS(=O)(=O)O. The molecule has 1 saturated heterocycles. The first-order valence-corrected chi connectivity index (χ1v) is 16.9. The number of piperazine rings is 1. The van der Waals surface area contributed by atoms with Crippen molar-refractivity contribution < 1.29 is 22.5 Å². The Kier molecular flexibility index (Phi) is 10.4. The Morgan fingerprint density at radius 2 is 1.67 bits per heavy atom. The van der Waals surface area contributed by atoms with Crippen LogP contribution in [0.25, 0.3) is 33.7 Å². The van der Waals surface area contributed by atoms with Gasteiger partial charge in [-0.05, 0) is 36.9 Å². The van der Waals surface area contributed by atoms with Gasteiger partial charge in [0.15, 0.2) is 5.65 Å². The fourth-order valence-electron chi connectivity index (χ4n) is 5.20. The number of hydrogen-bond acceptors (Lipinski definition) is 11. The molecule has 2 aromatic heterocycles. The van der Waals surface area contributed by atoms with E-state index in [1.54, 1.807) is 37.6 Å². The van der Waals surface area contributed by atoms with Gasteiger partial charge in [-0.25, -0.2) is 9.97 Å². The van der Waals surface area contributed by atoms with Crippen LogP contribution in [-0.4, -0.2) is 89.9 Å². The first-order chi connectivity index (χ1) is 23.3. The molecule has 5 aromatic rings. The van der Waals surface area contributed by atoms with E-state index in [4.69, 9.17) is 20.0 Å². The van der Waals surface area contributed by atoms with Gasteiger partial charge < -0.3 is 25.6 Å². The predicted molar refractivity (Wildman–Crippen MR) is 190 cm³/mol. The average Bonchev–Trinajstić information content (AvgIpc) is 3.08. The van der Waals surface area contributed by atoms with E-state index in [-0.39, 0.29) is 28.4 Å². The van der Waals surface area contributed by atoms with Crippen LogP contribution in [0.1, 0.15) is 5.56 Å². The highest BCUT2D eigenvalue weighted by molar-refractivity contribution is 7.85. The summed E-state index contributed by atoms with van der Waals surface area (Å²) in [6, 6.07) is 22.0. The number of methoxy groups -OCH3 is 1. The summed E-state index contributed by atoms with van der Waals surface area (Å²) in [6.07, 6.45) is 2.29. The summed E-state index contributed by atoms with van der Waals surface area (Å²) in [5.41, 5.74) is 9.52. The van der Waals surface area contributed by atoms with E-state index < -0.39 is 16.0 Å². The maximum atomic E-state index is 14.1. The first kappa shape index (κ1) is 34.7. The van der Waals surface area contributed by atoms with E-state index in [9.17, 15) is 18.0 Å². The molecule has 0 spiro atoms. The zero-order chi connectivity index (χ0) is 35.3. The van der Waals surface area contributed by atoms with E-state index in [0.29, 0.717) is 40.0 Å². The summed E-state index contributed by atoms with van der Waals surface area (Å²) in [4.78, 5) is 44.5. The number of benzene rings is 3. The fourth-order valence-corrected chi connectivity index (χ4v) is 5.20. The van der Waals surface area contributed by atoms with Gasteiger partial charge in [-0.2, -0.15) is 13.4 Å². The Hall–Kier alpha value is -5.64. The smallest absolute Gasteiger partial charge is 0.283 e. The number of rotatable bonds is 8. The Labute approximate surface area is 283 Å². The molecule has 0 radical (unpaired) electrons. The summed E-state index contributed by atoms with van der Waals surface area (Å²) in [6.45, 7) is 7.66. The number of anilines is 3. The number of fused-ring (bicyclic) bond motifs is 1. The van der Waals surface area contributed by atoms with Crippen molar-refractivity contribution in [1.29, 1.82) is 0 Å². The van der Waals surface area contributed by atoms with E-state index in [1.807, 2.05) is 48.5 Å². The number of aromatic nitrogens is 4. The van der Waals surface area contributed by atoms with Crippen LogP contribution in [0.2, 0.25) is 0 Å². The minimum absolute atomic E-state index is 0.130. The number of amides is 1. The van der Waals surface area contributed by atoms with Gasteiger partial charge in [-0.3, -0.25) is 18.7 Å². The molecule has 15 heteroatoms. The van der Waals surface area contributed by atoms with Crippen molar-refractivity contribution in [2.24, 2.45) is 5.73 Å². The second-order valence-corrected chi connectivity index (χ2v) is 12.8. The molecule has 0 unspecified atom stereocenters. The number of ether oxygens (including phenoxy) is 1. The van der Waals surface area contributed by atoms with Crippen LogP contribution in [0, 0.1) is 0 Å². The molecule has 1 amide bonds. The van der Waals surface area contributed by atoms with Crippen molar-refractivity contribution >= 4 is 50.1 Å². The molecule has 3 heterocycles. The van der Waals surface area contributed by atoms with Crippen molar-refractivity contribution in [3.8, 4) is 22.7 Å². The van der Waals surface area contributed by atoms with Crippen LogP contribution < -0.4 is 26.2 Å². The molecule has 14 nitrogen and oxygen atoms in total. The molecule has 0 atom stereocenters. The molecule has 0 saturated carbocycles. The molecule has 1 aliphatic rings. The van der Waals surface area contributed by atoms with Crippen molar-refractivity contribution in [3.05, 3.63) is 101 Å². The van der Waals surface area contributed by atoms with E-state index in [0.717, 1.165) is 31.9 Å². The lowest BCUT2D eigenvalue weighted by molar-refractivity contribution is -0.112. The van der Waals surface area contributed by atoms with Crippen LogP contribution in [-0.2, 0) is 14.9 Å². The number of carbonyl (C=O) groups is 1. The van der Waals surface area contributed by atoms with E-state index in [2.05, 4.69) is 38.7 Å². The highest BCUT2D eigenvalue weighted by Gasteiger charge is 2.19. The maximum Gasteiger partial charge on any atom is 0.283 e. The topological polar surface area (TPSA) is 186 Å². The van der Waals surface area contributed by atoms with Gasteiger partial charge in [-0.1, -0.05) is 49.0 Å². The van der Waals surface area contributed by atoms with Gasteiger partial charge in [0.2, 0.25) is 11.9 Å². The van der Waals surface area contributed by atoms with Gasteiger partial charge >= 0.3 is 0 Å². The van der Waals surface area contributed by atoms with Crippen molar-refractivity contribution in [2.75, 3.05) is 56.8 Å². The van der Waals surface area contributed by atoms with Crippen molar-refractivity contribution in [1.82, 2.24) is 24.4 Å². The molecule has 1 aliphatic heterocycles. The third kappa shape index (κ3) is 8.45. The largest absolute Gasteiger partial charge is 0.494 e. The summed E-state index contributed by atoms with van der Waals surface area (Å²) >= 11 is 0. The zero-order valence-corrected chi connectivity index (χ0v) is 28.0. The lowest BCUT2D eigenvalue weighted by atomic mass is 10.1. The second-order valence-electron chi connectivity index (χ2n) is 11.3. The third-order valence-electron chi connectivity index (χ3n) is 7.70. The lowest BCUT2D eigenvalue weighted by Crippen LogP contribution is -2.44. The first-order valence-electron chi connectivity index (χ1n) is 15.1. The molecule has 0 bridgehead atoms. The molecule has 4 N–H and O–H groups in total. The Bertz CT molecular complexity index is 2180. The zero-order valence-electron chi connectivity index (χ0n) is 27.2. The van der Waals surface area contributed by atoms with Crippen LogP contribution in [0.15, 0.2) is 90.4 Å². The van der Waals surface area contributed by atoms with Crippen molar-refractivity contribution in [2.45, 2.75) is 0 Å². The number of primary amides is 1. The molecular formula is C34H36N8O6S. The number of likely N-dealkylation sites (N-methyl/N-ethyl adjacent to an activating group) is 1. The molecule has 6 rings (SSSR count). The number of nitrogens with two attached hydrogens (primary N) is 1. The molecule has 0 aliphatic carbocycles. The Morgan fingerprint density at radius 1 is 0.980 bits per heavy atom. The molecule has 49 heavy (non-hydrogen) atoms. The van der Waals surface area contributed by atoms with Crippen LogP contribution in [0.3, 0.4) is 0 Å². The minimum atomic E-state index is -3.67. The third-order valence-corrected chi connectivity index (χ3v) is 7.70. The number of carbonyl (C=O) groups excluding carboxylic acids is 1. The Morgan fingerprint density at radius 3 is 2.33 bits per heavy atom. The highest BCUT2D eigenvalue weighted by atomic mass is 32.2. The monoisotopic (exact) mass is 684 g/mol. The van der Waals surface area contributed by atoms with Gasteiger partial charge in [0, 0.05) is 49.1 Å². The quantitative estimate of drug-likeness (QED) is 0.160. The highest BCUT2D eigenvalue weighted by Crippen LogP contribution is 2.32. The average molecular weight is 685 g/mol. The van der Waals surface area contributed by atoms with Gasteiger partial charge in [0.1, 0.15) is 17.0 Å². The summed E-state index contributed by atoms with van der Waals surface area (Å²) in [7, 11) is 0.0790. The summed E-state index contributed by atoms with van der Waals surface area (Å²) < 4.78 is 33.1. The van der Waals surface area contributed by atoms with Crippen LogP contribution in [0.5, 0.6) is 5.75 Å². The molecular weight excluding hydrogens is 648 g/mol. The van der Waals surface area contributed by atoms with Gasteiger partial charge in [-0.15, -0.1) is 0 Å². The normalized spacial score (nSPS) is 13.3. The number of nitrogens with one attached hydrogen (secondary N) is 1. The van der Waals surface area contributed by atoms with Gasteiger partial charge in [0.05, 0.1) is 30.9 Å². The fraction of sp³-hybridized carbons (Fsp3) is 0.206. The van der Waals surface area contributed by atoms with Gasteiger partial charge in [0.25, 0.3) is 15.7 Å². The standard InChI is InChI=1S/C33H32N8O3.CH4O3S/c1-21(30(34)42)23-10-7-11-25(18-23)41-31-27(36-29(32(41)43)22-8-5-4-6-9-22)20-35-33(38-31)37-26-13-12-24(19-28(26)44-3)40-16-14-39(2)15-17-40;1-5(2,3)4/h4-13,18-20H,1,14-17H2,2-3H3,(H2,34,42)(H,35,37,38);1H3,(H,2,3,4). The molecule has 1 fully saturated rings. The van der Waals surface area contributed by atoms with E-state index in [1.165, 1.54) is 4.57 Å². The van der Waals surface area contributed by atoms with Crippen LogP contribution in [0.4, 0.5) is 17.3 Å². The number of nitrogens with zero attached hydrogens (tertiary/aromatic N) is 6. The van der Waals surface area contributed by atoms with Crippen molar-refractivity contribution in [3.63, 3.8) is 0 Å². The van der Waals surface area contributed by atoms with Crippen LogP contribution >= 0.6 is 0 Å². The minimum Gasteiger partial charge on any atom is -0.494 e. The predicted octanol–water partition coefficient (Wildman–Crippen LogP) is 3.35. The molecule has 3 aromatic carbocycles. The Balaban J connectivity index is 0.000000874. The summed E-state index contributed by atoms with van der Waals surface area (Å²) in [5.74, 6) is 0.237. The second kappa shape index (κ2) is 14.6. The lowest BCUT2D eigenvalue weighted by Gasteiger charge is -2.34.